The number of nitrogens with zero attached hydrogens (tertiary/aromatic N) is 1. The summed E-state index contributed by atoms with van der Waals surface area (Å²) in [6, 6.07) is 12.5. The molecule has 1 heterocycles. The second-order valence-corrected chi connectivity index (χ2v) is 7.73. The summed E-state index contributed by atoms with van der Waals surface area (Å²) in [7, 11) is 0. The Kier molecular flexibility index (Phi) is 6.95. The molecule has 2 N–H and O–H groups in total. The van der Waals surface area contributed by atoms with Gasteiger partial charge in [0.15, 0.2) is 23.3 Å². The summed E-state index contributed by atoms with van der Waals surface area (Å²) >= 11 is 4.61. The van der Waals surface area contributed by atoms with E-state index in [9.17, 15) is 9.59 Å². The largest absolute Gasteiger partial charge is 0.490 e. The first-order valence-corrected chi connectivity index (χ1v) is 10.2. The van der Waals surface area contributed by atoms with E-state index < -0.39 is 12.6 Å². The van der Waals surface area contributed by atoms with E-state index in [-0.39, 0.29) is 5.91 Å². The molecule has 0 atom stereocenters. The smallest absolute Gasteiger partial charge is 0.341 e. The van der Waals surface area contributed by atoms with Crippen LogP contribution in [0, 0.1) is 0 Å². The highest BCUT2D eigenvalue weighted by Crippen LogP contribution is 2.32. The predicted octanol–water partition coefficient (Wildman–Crippen LogP) is 4.20. The number of ether oxygens (including phenoxy) is 2. The number of benzene rings is 2. The van der Waals surface area contributed by atoms with Crippen LogP contribution in [0.2, 0.25) is 0 Å². The number of carboxylic acid groups (broad SMARTS) is 1. The second kappa shape index (κ2) is 9.62. The fourth-order valence-electron chi connectivity index (χ4n) is 2.41. The van der Waals surface area contributed by atoms with Gasteiger partial charge in [0.1, 0.15) is 0 Å². The van der Waals surface area contributed by atoms with E-state index in [0.717, 1.165) is 15.7 Å². The average Bonchev–Trinajstić information content (AvgIpc) is 3.02. The summed E-state index contributed by atoms with van der Waals surface area (Å²) in [5.41, 5.74) is 1.45. The summed E-state index contributed by atoms with van der Waals surface area (Å²) in [5.74, 6) is -0.571. The van der Waals surface area contributed by atoms with Crippen LogP contribution in [0.5, 0.6) is 11.5 Å². The van der Waals surface area contributed by atoms with Gasteiger partial charge in [-0.2, -0.15) is 0 Å². The molecule has 1 aliphatic rings. The molecule has 9 heteroatoms. The van der Waals surface area contributed by atoms with Gasteiger partial charge in [-0.25, -0.2) is 9.79 Å². The Balaban J connectivity index is 1.79. The Hall–Kier alpha value is -2.78. The first-order chi connectivity index (χ1) is 13.9. The minimum atomic E-state index is -1.07. The van der Waals surface area contributed by atoms with Gasteiger partial charge in [0.2, 0.25) is 0 Å². The van der Waals surface area contributed by atoms with Crippen molar-refractivity contribution in [2.24, 2.45) is 4.99 Å². The van der Waals surface area contributed by atoms with Gasteiger partial charge in [-0.3, -0.25) is 4.79 Å². The molecule has 2 aromatic rings. The molecule has 150 valence electrons. The Labute approximate surface area is 179 Å². The molecule has 2 aromatic carbocycles. The topological polar surface area (TPSA) is 97.2 Å². The first kappa shape index (κ1) is 20.9. The Bertz CT molecular complexity index is 989. The number of aliphatic imine (C=N–C) groups is 1. The number of hydrogen-bond donors (Lipinski definition) is 2. The number of amidine groups is 1. The van der Waals surface area contributed by atoms with Crippen LogP contribution < -0.4 is 14.8 Å². The normalized spacial score (nSPS) is 16.1. The van der Waals surface area contributed by atoms with E-state index in [0.29, 0.717) is 28.2 Å². The van der Waals surface area contributed by atoms with E-state index >= 15 is 0 Å². The van der Waals surface area contributed by atoms with Gasteiger partial charge < -0.3 is 19.9 Å². The molecule has 1 amide bonds. The maximum atomic E-state index is 12.3. The van der Waals surface area contributed by atoms with Crippen LogP contribution in [0.25, 0.3) is 6.08 Å². The van der Waals surface area contributed by atoms with Gasteiger partial charge in [0, 0.05) is 4.47 Å². The van der Waals surface area contributed by atoms with Crippen molar-refractivity contribution < 1.29 is 24.2 Å². The molecule has 29 heavy (non-hydrogen) atoms. The van der Waals surface area contributed by atoms with Gasteiger partial charge in [-0.15, -0.1) is 0 Å². The minimum absolute atomic E-state index is 0.241. The quantitative estimate of drug-likeness (QED) is 0.581. The van der Waals surface area contributed by atoms with Gasteiger partial charge in [0.05, 0.1) is 17.2 Å². The average molecular weight is 477 g/mol. The van der Waals surface area contributed by atoms with E-state index in [1.54, 1.807) is 24.3 Å². The van der Waals surface area contributed by atoms with Crippen molar-refractivity contribution in [1.29, 1.82) is 0 Å². The van der Waals surface area contributed by atoms with Crippen LogP contribution in [0.4, 0.5) is 5.69 Å². The maximum absolute atomic E-state index is 12.3. The van der Waals surface area contributed by atoms with Crippen molar-refractivity contribution in [1.82, 2.24) is 5.32 Å². The minimum Gasteiger partial charge on any atom is -0.490 e. The summed E-state index contributed by atoms with van der Waals surface area (Å²) in [5, 5.41) is 12.0. The zero-order valence-corrected chi connectivity index (χ0v) is 17.7. The number of aliphatic carboxylic acids is 1. The van der Waals surface area contributed by atoms with Crippen molar-refractivity contribution in [3.8, 4) is 11.5 Å². The third-order valence-corrected chi connectivity index (χ3v) is 5.06. The monoisotopic (exact) mass is 476 g/mol. The SMILES string of the molecule is CCOc1cc(/C=C2/SC(=Nc3ccc(Br)cc3)NC2=O)ccc1OCC(=O)O. The second-order valence-electron chi connectivity index (χ2n) is 5.78. The number of halogens is 1. The molecule has 1 fully saturated rings. The van der Waals surface area contributed by atoms with Crippen LogP contribution in [0.1, 0.15) is 12.5 Å². The molecule has 7 nitrogen and oxygen atoms in total. The van der Waals surface area contributed by atoms with Gasteiger partial charge >= 0.3 is 5.97 Å². The molecule has 0 aromatic heterocycles. The van der Waals surface area contributed by atoms with Crippen LogP contribution in [0.15, 0.2) is 56.8 Å². The molecule has 0 spiro atoms. The summed E-state index contributed by atoms with van der Waals surface area (Å²) < 4.78 is 11.7. The summed E-state index contributed by atoms with van der Waals surface area (Å²) in [6.45, 7) is 1.74. The van der Waals surface area contributed by atoms with Crippen LogP contribution in [-0.2, 0) is 9.59 Å². The number of hydrogen-bond acceptors (Lipinski definition) is 6. The Morgan fingerprint density at radius 3 is 2.66 bits per heavy atom. The van der Waals surface area contributed by atoms with Crippen molar-refractivity contribution in [2.45, 2.75) is 6.92 Å². The number of nitrogens with one attached hydrogen (secondary N) is 1. The molecule has 0 aliphatic carbocycles. The van der Waals surface area contributed by atoms with Gasteiger partial charge in [0.25, 0.3) is 5.91 Å². The molecule has 1 saturated heterocycles. The number of carbonyl (C=O) groups excluding carboxylic acids is 1. The van der Waals surface area contributed by atoms with Crippen LogP contribution in [-0.4, -0.2) is 35.4 Å². The molecular weight excluding hydrogens is 460 g/mol. The molecule has 1 aliphatic heterocycles. The van der Waals surface area contributed by atoms with E-state index in [4.69, 9.17) is 14.6 Å². The van der Waals surface area contributed by atoms with Crippen molar-refractivity contribution >= 4 is 56.5 Å². The molecule has 3 rings (SSSR count). The zero-order chi connectivity index (χ0) is 20.8. The predicted molar refractivity (Wildman–Crippen MR) is 116 cm³/mol. The van der Waals surface area contributed by atoms with Gasteiger partial charge in [-0.05, 0) is 66.7 Å². The zero-order valence-electron chi connectivity index (χ0n) is 15.3. The molecular formula is C20H17BrN2O5S. The van der Waals surface area contributed by atoms with E-state index in [1.807, 2.05) is 31.2 Å². The third kappa shape index (κ3) is 5.85. The first-order valence-electron chi connectivity index (χ1n) is 8.61. The summed E-state index contributed by atoms with van der Waals surface area (Å²) in [4.78, 5) is 27.9. The number of rotatable bonds is 7. The van der Waals surface area contributed by atoms with E-state index in [2.05, 4.69) is 26.2 Å². The number of amides is 1. The van der Waals surface area contributed by atoms with Crippen LogP contribution >= 0.6 is 27.7 Å². The highest BCUT2D eigenvalue weighted by molar-refractivity contribution is 9.10. The molecule has 0 saturated carbocycles. The molecule has 0 bridgehead atoms. The Morgan fingerprint density at radius 2 is 1.97 bits per heavy atom. The number of carbonyl (C=O) groups is 2. The van der Waals surface area contributed by atoms with Crippen LogP contribution in [0.3, 0.4) is 0 Å². The maximum Gasteiger partial charge on any atom is 0.341 e. The van der Waals surface area contributed by atoms with Crippen molar-refractivity contribution in [2.75, 3.05) is 13.2 Å². The summed E-state index contributed by atoms with van der Waals surface area (Å²) in [6.07, 6.45) is 1.72. The Morgan fingerprint density at radius 1 is 1.21 bits per heavy atom. The highest BCUT2D eigenvalue weighted by atomic mass is 79.9. The lowest BCUT2D eigenvalue weighted by molar-refractivity contribution is -0.139. The van der Waals surface area contributed by atoms with E-state index in [1.165, 1.54) is 11.8 Å². The third-order valence-electron chi connectivity index (χ3n) is 3.62. The number of thioether (sulfide) groups is 1. The van der Waals surface area contributed by atoms with Gasteiger partial charge in [-0.1, -0.05) is 22.0 Å². The standard InChI is InChI=1S/C20H17BrN2O5S/c1-2-27-16-9-12(3-8-15(16)28-11-18(24)25)10-17-19(26)23-20(29-17)22-14-6-4-13(21)5-7-14/h3-10H,2,11H2,1H3,(H,24,25)(H,22,23,26)/b17-10+. The van der Waals surface area contributed by atoms with Crippen molar-refractivity contribution in [3.05, 3.63) is 57.4 Å². The fraction of sp³-hybridized carbons (Fsp3) is 0.150. The lowest BCUT2D eigenvalue weighted by atomic mass is 10.2. The molecule has 0 unspecified atom stereocenters. The number of carboxylic acids is 1. The highest BCUT2D eigenvalue weighted by Gasteiger charge is 2.24. The fourth-order valence-corrected chi connectivity index (χ4v) is 3.51. The lowest BCUT2D eigenvalue weighted by Crippen LogP contribution is -2.19. The molecule has 0 radical (unpaired) electrons. The lowest BCUT2D eigenvalue weighted by Gasteiger charge is -2.11. The van der Waals surface area contributed by atoms with Crippen molar-refractivity contribution in [3.63, 3.8) is 0 Å².